The summed E-state index contributed by atoms with van der Waals surface area (Å²) in [4.78, 5) is 0. The number of hydrogen-bond donors (Lipinski definition) is 1. The third-order valence-corrected chi connectivity index (χ3v) is 3.93. The lowest BCUT2D eigenvalue weighted by Crippen LogP contribution is -2.41. The van der Waals surface area contributed by atoms with Crippen molar-refractivity contribution in [2.45, 2.75) is 58.3 Å². The molecule has 1 N–H and O–H groups in total. The Bertz CT molecular complexity index is 302. The monoisotopic (exact) mass is 259 g/mol. The third kappa shape index (κ3) is 2.87. The van der Waals surface area contributed by atoms with Gasteiger partial charge in [-0.3, -0.25) is 0 Å². The van der Waals surface area contributed by atoms with E-state index in [9.17, 15) is 0 Å². The van der Waals surface area contributed by atoms with Gasteiger partial charge in [-0.1, -0.05) is 6.08 Å². The van der Waals surface area contributed by atoms with E-state index in [2.05, 4.69) is 46.0 Å². The van der Waals surface area contributed by atoms with Gasteiger partial charge in [0, 0.05) is 12.6 Å². The Hall–Kier alpha value is -0.0251. The lowest BCUT2D eigenvalue weighted by Gasteiger charge is -2.32. The molecule has 1 fully saturated rings. The number of hydrogen-bond acceptors (Lipinski definition) is 3. The summed E-state index contributed by atoms with van der Waals surface area (Å²) in [5.74, 6) is 0. The van der Waals surface area contributed by atoms with Crippen LogP contribution in [0.15, 0.2) is 11.5 Å². The molecule has 0 amide bonds. The van der Waals surface area contributed by atoms with Crippen LogP contribution >= 0.6 is 12.4 Å². The minimum absolute atomic E-state index is 0. The van der Waals surface area contributed by atoms with Gasteiger partial charge < -0.3 is 14.6 Å². The van der Waals surface area contributed by atoms with Gasteiger partial charge in [-0.15, -0.1) is 12.4 Å². The molecule has 0 saturated carbocycles. The Labute approximate surface area is 111 Å². The maximum absolute atomic E-state index is 6.03. The highest BCUT2D eigenvalue weighted by atomic mass is 35.5. The molecule has 1 unspecified atom stereocenters. The molecule has 0 bridgehead atoms. The molecule has 0 aromatic carbocycles. The Balaban J connectivity index is 0.00000144. The standard InChI is InChI=1S/C12H22BNO2.ClH/c1-9-8-10(6-7-14-9)13-15-11(2,3)12(4,5)16-13;/h6,9,14H,7-8H2,1-5H3;1H. The van der Waals surface area contributed by atoms with Gasteiger partial charge in [0.15, 0.2) is 0 Å². The fraction of sp³-hybridized carbons (Fsp3) is 0.833. The fourth-order valence-electron chi connectivity index (χ4n) is 2.09. The van der Waals surface area contributed by atoms with E-state index in [4.69, 9.17) is 9.31 Å². The second-order valence-electron chi connectivity index (χ2n) is 5.88. The summed E-state index contributed by atoms with van der Waals surface area (Å²) < 4.78 is 12.1. The summed E-state index contributed by atoms with van der Waals surface area (Å²) in [6.45, 7) is 11.5. The van der Waals surface area contributed by atoms with Crippen LogP contribution in [-0.4, -0.2) is 30.9 Å². The first-order valence-electron chi connectivity index (χ1n) is 6.10. The van der Waals surface area contributed by atoms with E-state index in [1.54, 1.807) is 0 Å². The molecule has 17 heavy (non-hydrogen) atoms. The summed E-state index contributed by atoms with van der Waals surface area (Å²) in [5, 5.41) is 3.39. The highest BCUT2D eigenvalue weighted by Crippen LogP contribution is 2.39. The number of halogens is 1. The van der Waals surface area contributed by atoms with Gasteiger partial charge in [0.05, 0.1) is 11.2 Å². The Morgan fingerprint density at radius 3 is 2.24 bits per heavy atom. The van der Waals surface area contributed by atoms with Crippen molar-refractivity contribution in [3.8, 4) is 0 Å². The third-order valence-electron chi connectivity index (χ3n) is 3.93. The van der Waals surface area contributed by atoms with Crippen molar-refractivity contribution < 1.29 is 9.31 Å². The molecule has 2 aliphatic heterocycles. The normalized spacial score (nSPS) is 30.8. The zero-order valence-electron chi connectivity index (χ0n) is 11.4. The van der Waals surface area contributed by atoms with Crippen LogP contribution in [0.25, 0.3) is 0 Å². The first-order valence-corrected chi connectivity index (χ1v) is 6.10. The summed E-state index contributed by atoms with van der Waals surface area (Å²) in [7, 11) is -0.158. The van der Waals surface area contributed by atoms with Crippen LogP contribution in [0.2, 0.25) is 0 Å². The summed E-state index contributed by atoms with van der Waals surface area (Å²) in [6.07, 6.45) is 3.21. The van der Waals surface area contributed by atoms with E-state index in [0.717, 1.165) is 13.0 Å². The van der Waals surface area contributed by atoms with Crippen LogP contribution in [-0.2, 0) is 9.31 Å². The first-order chi connectivity index (χ1) is 7.32. The average Bonchev–Trinajstić information content (AvgIpc) is 2.36. The molecular weight excluding hydrogens is 236 g/mol. The van der Waals surface area contributed by atoms with Crippen molar-refractivity contribution >= 4 is 19.5 Å². The molecule has 3 nitrogen and oxygen atoms in total. The minimum atomic E-state index is -0.230. The first kappa shape index (κ1) is 15.0. The molecule has 98 valence electrons. The zero-order chi connectivity index (χ0) is 12.0. The van der Waals surface area contributed by atoms with Crippen LogP contribution in [0.5, 0.6) is 0 Å². The predicted octanol–water partition coefficient (Wildman–Crippen LogP) is 2.35. The fourth-order valence-corrected chi connectivity index (χ4v) is 2.09. The van der Waals surface area contributed by atoms with Crippen molar-refractivity contribution in [2.24, 2.45) is 0 Å². The highest BCUT2D eigenvalue weighted by molar-refractivity contribution is 6.54. The second-order valence-corrected chi connectivity index (χ2v) is 5.88. The largest absolute Gasteiger partial charge is 0.490 e. The van der Waals surface area contributed by atoms with Crippen molar-refractivity contribution in [2.75, 3.05) is 6.54 Å². The van der Waals surface area contributed by atoms with Crippen LogP contribution in [0.4, 0.5) is 0 Å². The van der Waals surface area contributed by atoms with Gasteiger partial charge in [0.1, 0.15) is 0 Å². The van der Waals surface area contributed by atoms with Gasteiger partial charge in [-0.2, -0.15) is 0 Å². The SMILES string of the molecule is CC1CC(B2OC(C)(C)C(C)(C)O2)=CCN1.Cl. The molecule has 5 heteroatoms. The van der Waals surface area contributed by atoms with Gasteiger partial charge in [0.2, 0.25) is 0 Å². The summed E-state index contributed by atoms with van der Waals surface area (Å²) in [6, 6.07) is 0.513. The average molecular weight is 260 g/mol. The quantitative estimate of drug-likeness (QED) is 0.733. The molecule has 0 radical (unpaired) electrons. The van der Waals surface area contributed by atoms with E-state index < -0.39 is 0 Å². The van der Waals surface area contributed by atoms with Crippen molar-refractivity contribution in [1.82, 2.24) is 5.32 Å². The minimum Gasteiger partial charge on any atom is -0.400 e. The summed E-state index contributed by atoms with van der Waals surface area (Å²) in [5.41, 5.74) is 0.823. The van der Waals surface area contributed by atoms with E-state index in [1.807, 2.05) is 0 Å². The topological polar surface area (TPSA) is 30.5 Å². The maximum atomic E-state index is 6.03. The Morgan fingerprint density at radius 2 is 1.76 bits per heavy atom. The predicted molar refractivity (Wildman–Crippen MR) is 73.5 cm³/mol. The Morgan fingerprint density at radius 1 is 1.24 bits per heavy atom. The molecule has 0 spiro atoms. The van der Waals surface area contributed by atoms with Crippen molar-refractivity contribution in [3.05, 3.63) is 11.5 Å². The Kier molecular flexibility index (Phi) is 4.35. The zero-order valence-corrected chi connectivity index (χ0v) is 12.2. The summed E-state index contributed by atoms with van der Waals surface area (Å²) >= 11 is 0. The lowest BCUT2D eigenvalue weighted by molar-refractivity contribution is 0.00578. The molecule has 2 aliphatic rings. The molecule has 2 rings (SSSR count). The van der Waals surface area contributed by atoms with E-state index in [1.165, 1.54) is 5.47 Å². The van der Waals surface area contributed by atoms with Crippen molar-refractivity contribution in [3.63, 3.8) is 0 Å². The van der Waals surface area contributed by atoms with Crippen LogP contribution in [0.3, 0.4) is 0 Å². The molecule has 0 aromatic rings. The van der Waals surface area contributed by atoms with E-state index in [-0.39, 0.29) is 30.7 Å². The molecule has 1 atom stereocenters. The van der Waals surface area contributed by atoms with E-state index >= 15 is 0 Å². The molecule has 0 aliphatic carbocycles. The van der Waals surface area contributed by atoms with Gasteiger partial charge >= 0.3 is 7.12 Å². The van der Waals surface area contributed by atoms with Crippen LogP contribution in [0, 0.1) is 0 Å². The van der Waals surface area contributed by atoms with E-state index in [0.29, 0.717) is 6.04 Å². The van der Waals surface area contributed by atoms with Gasteiger partial charge in [-0.25, -0.2) is 0 Å². The van der Waals surface area contributed by atoms with Crippen LogP contribution in [0.1, 0.15) is 41.0 Å². The molecule has 1 saturated heterocycles. The lowest BCUT2D eigenvalue weighted by atomic mass is 9.73. The highest BCUT2D eigenvalue weighted by Gasteiger charge is 2.52. The molecule has 0 aromatic heterocycles. The second kappa shape index (κ2) is 4.92. The van der Waals surface area contributed by atoms with Gasteiger partial charge in [-0.05, 0) is 46.5 Å². The molecular formula is C12H23BClNO2. The number of nitrogens with one attached hydrogen (secondary N) is 1. The smallest absolute Gasteiger partial charge is 0.400 e. The van der Waals surface area contributed by atoms with Crippen molar-refractivity contribution in [1.29, 1.82) is 0 Å². The maximum Gasteiger partial charge on any atom is 0.490 e. The number of rotatable bonds is 1. The van der Waals surface area contributed by atoms with Gasteiger partial charge in [0.25, 0.3) is 0 Å². The van der Waals surface area contributed by atoms with Crippen LogP contribution < -0.4 is 5.32 Å². The molecule has 2 heterocycles.